The largest absolute Gasteiger partial charge is 0.367 e. The molecule has 1 aromatic heterocycles. The van der Waals surface area contributed by atoms with Gasteiger partial charge >= 0.3 is 5.69 Å². The summed E-state index contributed by atoms with van der Waals surface area (Å²) in [7, 11) is 0. The Bertz CT molecular complexity index is 1220. The maximum absolute atomic E-state index is 14.0. The third-order valence-electron chi connectivity index (χ3n) is 5.93. The first kappa shape index (κ1) is 19.0. The van der Waals surface area contributed by atoms with Gasteiger partial charge in [0.25, 0.3) is 5.56 Å². The molecule has 0 spiro atoms. The molecule has 0 unspecified atom stereocenters. The lowest BCUT2D eigenvalue weighted by molar-refractivity contribution is 0.249. The van der Waals surface area contributed by atoms with Gasteiger partial charge in [0.1, 0.15) is 11.6 Å². The number of aromatic nitrogens is 2. The van der Waals surface area contributed by atoms with Gasteiger partial charge in [0.15, 0.2) is 0 Å². The summed E-state index contributed by atoms with van der Waals surface area (Å²) in [4.78, 5) is 31.9. The summed E-state index contributed by atoms with van der Waals surface area (Å²) in [5, 5.41) is 0.529. The number of benzene rings is 2. The summed E-state index contributed by atoms with van der Waals surface area (Å²) in [6.07, 6.45) is 1.75. The SMILES string of the molecule is O=c1[nH]c2cc(CN3CCN(c4ccc(F)cc4F)CC3)ccc2c(=O)n1C1CC1. The Balaban J connectivity index is 1.30. The Morgan fingerprint density at radius 2 is 1.73 bits per heavy atom. The van der Waals surface area contributed by atoms with Crippen molar-refractivity contribution >= 4 is 16.6 Å². The summed E-state index contributed by atoms with van der Waals surface area (Å²) >= 11 is 0. The van der Waals surface area contributed by atoms with Gasteiger partial charge in [0.05, 0.1) is 16.6 Å². The molecule has 0 atom stereocenters. The molecule has 1 aliphatic carbocycles. The van der Waals surface area contributed by atoms with Crippen LogP contribution in [0.3, 0.4) is 0 Å². The highest BCUT2D eigenvalue weighted by atomic mass is 19.1. The van der Waals surface area contributed by atoms with Crippen molar-refractivity contribution in [3.05, 3.63) is 74.4 Å². The summed E-state index contributed by atoms with van der Waals surface area (Å²) < 4.78 is 28.5. The molecule has 1 saturated heterocycles. The highest BCUT2D eigenvalue weighted by Gasteiger charge is 2.27. The van der Waals surface area contributed by atoms with Crippen LogP contribution in [0.5, 0.6) is 0 Å². The molecule has 30 heavy (non-hydrogen) atoms. The number of nitrogens with one attached hydrogen (secondary N) is 1. The molecule has 1 aliphatic heterocycles. The van der Waals surface area contributed by atoms with Crippen molar-refractivity contribution in [2.45, 2.75) is 25.4 Å². The monoisotopic (exact) mass is 412 g/mol. The fourth-order valence-corrected chi connectivity index (χ4v) is 4.18. The number of fused-ring (bicyclic) bond motifs is 1. The van der Waals surface area contributed by atoms with Gasteiger partial charge in [-0.1, -0.05) is 6.07 Å². The maximum atomic E-state index is 14.0. The number of aromatic amines is 1. The van der Waals surface area contributed by atoms with E-state index in [1.807, 2.05) is 17.0 Å². The Kier molecular flexibility index (Phi) is 4.66. The third kappa shape index (κ3) is 3.52. The number of hydrogen-bond acceptors (Lipinski definition) is 4. The first-order valence-electron chi connectivity index (χ1n) is 10.2. The minimum absolute atomic E-state index is 0.0348. The molecule has 0 bridgehead atoms. The second-order valence-corrected chi connectivity index (χ2v) is 8.08. The molecule has 6 nitrogen and oxygen atoms in total. The van der Waals surface area contributed by atoms with Crippen LogP contribution in [-0.2, 0) is 6.54 Å². The van der Waals surface area contributed by atoms with Crippen LogP contribution in [0.1, 0.15) is 24.4 Å². The smallest absolute Gasteiger partial charge is 0.329 e. The molecule has 1 N–H and O–H groups in total. The van der Waals surface area contributed by atoms with Crippen molar-refractivity contribution < 1.29 is 8.78 Å². The molecule has 2 aliphatic rings. The number of halogens is 2. The van der Waals surface area contributed by atoms with Crippen LogP contribution in [0.2, 0.25) is 0 Å². The van der Waals surface area contributed by atoms with E-state index in [-0.39, 0.29) is 17.3 Å². The number of nitrogens with zero attached hydrogens (tertiary/aromatic N) is 3. The van der Waals surface area contributed by atoms with E-state index in [1.54, 1.807) is 6.07 Å². The van der Waals surface area contributed by atoms with E-state index in [1.165, 1.54) is 16.7 Å². The lowest BCUT2D eigenvalue weighted by atomic mass is 10.1. The zero-order valence-electron chi connectivity index (χ0n) is 16.4. The van der Waals surface area contributed by atoms with E-state index in [0.29, 0.717) is 36.2 Å². The Morgan fingerprint density at radius 3 is 2.43 bits per heavy atom. The van der Waals surface area contributed by atoms with E-state index in [2.05, 4.69) is 9.88 Å². The van der Waals surface area contributed by atoms with Crippen LogP contribution in [0, 0.1) is 11.6 Å². The van der Waals surface area contributed by atoms with Crippen LogP contribution in [-0.4, -0.2) is 40.6 Å². The van der Waals surface area contributed by atoms with Crippen molar-refractivity contribution in [2.75, 3.05) is 31.1 Å². The van der Waals surface area contributed by atoms with E-state index in [9.17, 15) is 18.4 Å². The number of anilines is 1. The standard InChI is InChI=1S/C22H22F2N4O2/c23-15-2-6-20(18(24)12-15)27-9-7-26(8-10-27)13-14-1-5-17-19(11-14)25-22(30)28(21(17)29)16-3-4-16/h1-2,5-6,11-12,16H,3-4,7-10,13H2,(H,25,30). The fourth-order valence-electron chi connectivity index (χ4n) is 4.18. The molecule has 3 aromatic rings. The van der Waals surface area contributed by atoms with Crippen LogP contribution in [0.25, 0.3) is 10.9 Å². The fraction of sp³-hybridized carbons (Fsp3) is 0.364. The summed E-state index contributed by atoms with van der Waals surface area (Å²) in [5.74, 6) is -1.12. The van der Waals surface area contributed by atoms with Gasteiger partial charge < -0.3 is 9.88 Å². The molecular formula is C22H22F2N4O2. The molecule has 5 rings (SSSR count). The number of H-pyrrole nitrogens is 1. The van der Waals surface area contributed by atoms with E-state index >= 15 is 0 Å². The maximum Gasteiger partial charge on any atom is 0.329 e. The predicted octanol–water partition coefficient (Wildman–Crippen LogP) is 2.63. The lowest BCUT2D eigenvalue weighted by Crippen LogP contribution is -2.46. The van der Waals surface area contributed by atoms with Gasteiger partial charge in [0.2, 0.25) is 0 Å². The first-order chi connectivity index (χ1) is 14.5. The van der Waals surface area contributed by atoms with Gasteiger partial charge in [-0.05, 0) is 42.7 Å². The van der Waals surface area contributed by atoms with Crippen LogP contribution in [0.15, 0.2) is 46.0 Å². The predicted molar refractivity (Wildman–Crippen MR) is 111 cm³/mol. The molecule has 0 amide bonds. The highest BCUT2D eigenvalue weighted by Crippen LogP contribution is 2.32. The van der Waals surface area contributed by atoms with E-state index < -0.39 is 11.6 Å². The Labute approximate surface area is 171 Å². The quantitative estimate of drug-likeness (QED) is 0.716. The highest BCUT2D eigenvalue weighted by molar-refractivity contribution is 5.78. The van der Waals surface area contributed by atoms with E-state index in [0.717, 1.165) is 37.6 Å². The van der Waals surface area contributed by atoms with Gasteiger partial charge in [-0.2, -0.15) is 0 Å². The van der Waals surface area contributed by atoms with Crippen LogP contribution in [0.4, 0.5) is 14.5 Å². The molecule has 0 radical (unpaired) electrons. The van der Waals surface area contributed by atoms with Crippen molar-refractivity contribution in [3.63, 3.8) is 0 Å². The lowest BCUT2D eigenvalue weighted by Gasteiger charge is -2.36. The molecule has 156 valence electrons. The average molecular weight is 412 g/mol. The minimum atomic E-state index is -0.576. The number of hydrogen-bond donors (Lipinski definition) is 1. The molecule has 2 heterocycles. The van der Waals surface area contributed by atoms with Crippen molar-refractivity contribution in [1.82, 2.24) is 14.5 Å². The summed E-state index contributed by atoms with van der Waals surface area (Å²) in [6, 6.07) is 9.27. The van der Waals surface area contributed by atoms with Gasteiger partial charge in [0, 0.05) is 44.8 Å². The number of piperazine rings is 1. The molecule has 2 fully saturated rings. The van der Waals surface area contributed by atoms with Gasteiger partial charge in [-0.25, -0.2) is 13.6 Å². The minimum Gasteiger partial charge on any atom is -0.367 e. The second kappa shape index (κ2) is 7.36. The third-order valence-corrected chi connectivity index (χ3v) is 5.93. The molecule has 1 saturated carbocycles. The first-order valence-corrected chi connectivity index (χ1v) is 10.2. The summed E-state index contributed by atoms with van der Waals surface area (Å²) in [6.45, 7) is 3.41. The van der Waals surface area contributed by atoms with Crippen molar-refractivity contribution in [1.29, 1.82) is 0 Å². The summed E-state index contributed by atoms with van der Waals surface area (Å²) in [5.41, 5.74) is 1.42. The van der Waals surface area contributed by atoms with Crippen molar-refractivity contribution in [3.8, 4) is 0 Å². The van der Waals surface area contributed by atoms with Gasteiger partial charge in [-0.3, -0.25) is 14.3 Å². The normalized spacial score (nSPS) is 17.6. The molecular weight excluding hydrogens is 390 g/mol. The van der Waals surface area contributed by atoms with Gasteiger partial charge in [-0.15, -0.1) is 0 Å². The number of rotatable bonds is 4. The molecule has 8 heteroatoms. The van der Waals surface area contributed by atoms with E-state index in [4.69, 9.17) is 0 Å². The Morgan fingerprint density at radius 1 is 0.967 bits per heavy atom. The van der Waals surface area contributed by atoms with Crippen molar-refractivity contribution in [2.24, 2.45) is 0 Å². The zero-order valence-corrected chi connectivity index (χ0v) is 16.4. The molecule has 2 aromatic carbocycles. The van der Waals surface area contributed by atoms with Crippen LogP contribution < -0.4 is 16.1 Å². The zero-order chi connectivity index (χ0) is 20.8. The average Bonchev–Trinajstić information content (AvgIpc) is 3.54. The topological polar surface area (TPSA) is 61.3 Å². The second-order valence-electron chi connectivity index (χ2n) is 8.08. The van der Waals surface area contributed by atoms with Crippen LogP contribution >= 0.6 is 0 Å². The Hall–Kier alpha value is -3.00.